The fourth-order valence-electron chi connectivity index (χ4n) is 0.879. The standard InChI is InChI=1S/C5H10N2O/c1-5-2-7(3-5)6-4-8/h4-5H,2-3H2,1H3,(H,6,8). The SMILES string of the molecule is CC1CN(NC=O)C1. The molecule has 8 heavy (non-hydrogen) atoms. The van der Waals surface area contributed by atoms with Gasteiger partial charge in [0, 0.05) is 13.1 Å². The first-order valence-electron chi connectivity index (χ1n) is 2.77. The van der Waals surface area contributed by atoms with Gasteiger partial charge in [0.15, 0.2) is 0 Å². The summed E-state index contributed by atoms with van der Waals surface area (Å²) in [7, 11) is 0. The molecule has 0 unspecified atom stereocenters. The van der Waals surface area contributed by atoms with Gasteiger partial charge >= 0.3 is 0 Å². The van der Waals surface area contributed by atoms with E-state index in [1.54, 1.807) is 0 Å². The van der Waals surface area contributed by atoms with Gasteiger partial charge in [-0.05, 0) is 5.92 Å². The Kier molecular flexibility index (Phi) is 1.48. The minimum atomic E-state index is 0.714. The van der Waals surface area contributed by atoms with E-state index in [0.717, 1.165) is 19.0 Å². The topological polar surface area (TPSA) is 32.3 Å². The van der Waals surface area contributed by atoms with Crippen molar-refractivity contribution in [1.29, 1.82) is 0 Å². The molecule has 0 atom stereocenters. The number of rotatable bonds is 2. The highest BCUT2D eigenvalue weighted by molar-refractivity contribution is 5.45. The minimum Gasteiger partial charge on any atom is -0.292 e. The summed E-state index contributed by atoms with van der Waals surface area (Å²) in [6.07, 6.45) is 0.714. The zero-order valence-electron chi connectivity index (χ0n) is 4.92. The molecular weight excluding hydrogens is 104 g/mol. The van der Waals surface area contributed by atoms with Crippen LogP contribution in [0, 0.1) is 5.92 Å². The number of hydrazine groups is 1. The van der Waals surface area contributed by atoms with Gasteiger partial charge < -0.3 is 0 Å². The largest absolute Gasteiger partial charge is 0.292 e. The van der Waals surface area contributed by atoms with Crippen LogP contribution in [-0.4, -0.2) is 24.5 Å². The molecule has 1 aliphatic rings. The number of hydrogen-bond acceptors (Lipinski definition) is 2. The molecule has 1 saturated heterocycles. The third-order valence-electron chi connectivity index (χ3n) is 1.30. The summed E-state index contributed by atoms with van der Waals surface area (Å²) in [6.45, 7) is 4.15. The van der Waals surface area contributed by atoms with Crippen molar-refractivity contribution >= 4 is 6.41 Å². The van der Waals surface area contributed by atoms with Gasteiger partial charge in [0.2, 0.25) is 6.41 Å². The summed E-state index contributed by atoms with van der Waals surface area (Å²) >= 11 is 0. The zero-order chi connectivity index (χ0) is 5.98. The fraction of sp³-hybridized carbons (Fsp3) is 0.800. The average molecular weight is 114 g/mol. The summed E-state index contributed by atoms with van der Waals surface area (Å²) in [6, 6.07) is 0. The molecule has 0 radical (unpaired) electrons. The van der Waals surface area contributed by atoms with E-state index >= 15 is 0 Å². The highest BCUT2D eigenvalue weighted by atomic mass is 16.1. The van der Waals surface area contributed by atoms with Crippen LogP contribution in [0.3, 0.4) is 0 Å². The van der Waals surface area contributed by atoms with E-state index in [1.807, 2.05) is 5.01 Å². The van der Waals surface area contributed by atoms with Crippen molar-refractivity contribution in [3.8, 4) is 0 Å². The normalized spacial score (nSPS) is 22.1. The molecule has 0 aromatic rings. The van der Waals surface area contributed by atoms with Crippen LogP contribution >= 0.6 is 0 Å². The number of nitrogens with one attached hydrogen (secondary N) is 1. The molecule has 0 spiro atoms. The molecule has 0 saturated carbocycles. The lowest BCUT2D eigenvalue weighted by Crippen LogP contribution is -2.52. The fourth-order valence-corrected chi connectivity index (χ4v) is 0.879. The second-order valence-corrected chi connectivity index (χ2v) is 2.26. The van der Waals surface area contributed by atoms with Gasteiger partial charge in [0.1, 0.15) is 0 Å². The Balaban J connectivity index is 2.06. The quantitative estimate of drug-likeness (QED) is 0.495. The van der Waals surface area contributed by atoms with E-state index in [1.165, 1.54) is 0 Å². The molecule has 0 aliphatic carbocycles. The number of nitrogens with zero attached hydrogens (tertiary/aromatic N) is 1. The Morgan fingerprint density at radius 3 is 2.75 bits per heavy atom. The van der Waals surface area contributed by atoms with Gasteiger partial charge in [-0.2, -0.15) is 0 Å². The van der Waals surface area contributed by atoms with Gasteiger partial charge in [-0.15, -0.1) is 0 Å². The molecule has 1 amide bonds. The summed E-state index contributed by atoms with van der Waals surface area (Å²) in [5, 5.41) is 1.89. The molecule has 1 fully saturated rings. The Hall–Kier alpha value is -0.570. The van der Waals surface area contributed by atoms with E-state index in [0.29, 0.717) is 6.41 Å². The van der Waals surface area contributed by atoms with Crippen molar-refractivity contribution in [2.24, 2.45) is 5.92 Å². The Bertz CT molecular complexity index is 88.4. The van der Waals surface area contributed by atoms with E-state index < -0.39 is 0 Å². The van der Waals surface area contributed by atoms with Crippen LogP contribution in [0.5, 0.6) is 0 Å². The van der Waals surface area contributed by atoms with Crippen LogP contribution in [0.15, 0.2) is 0 Å². The van der Waals surface area contributed by atoms with Crippen LogP contribution in [0.1, 0.15) is 6.92 Å². The van der Waals surface area contributed by atoms with Gasteiger partial charge in [-0.25, -0.2) is 5.01 Å². The third-order valence-corrected chi connectivity index (χ3v) is 1.30. The first kappa shape index (κ1) is 5.56. The molecule has 46 valence electrons. The maximum atomic E-state index is 9.76. The number of amides is 1. The smallest absolute Gasteiger partial charge is 0.221 e. The van der Waals surface area contributed by atoms with Crippen molar-refractivity contribution < 1.29 is 4.79 Å². The minimum absolute atomic E-state index is 0.714. The summed E-state index contributed by atoms with van der Waals surface area (Å²) in [5.74, 6) is 0.752. The number of carbonyl (C=O) groups is 1. The molecule has 0 bridgehead atoms. The molecular formula is C5H10N2O. The first-order chi connectivity index (χ1) is 3.83. The van der Waals surface area contributed by atoms with Crippen molar-refractivity contribution in [2.45, 2.75) is 6.92 Å². The summed E-state index contributed by atoms with van der Waals surface area (Å²) < 4.78 is 0. The molecule has 1 rings (SSSR count). The predicted molar refractivity (Wildman–Crippen MR) is 29.9 cm³/mol. The van der Waals surface area contributed by atoms with Gasteiger partial charge in [0.05, 0.1) is 0 Å². The molecule has 1 N–H and O–H groups in total. The van der Waals surface area contributed by atoms with Crippen molar-refractivity contribution in [1.82, 2.24) is 10.4 Å². The molecule has 3 nitrogen and oxygen atoms in total. The highest BCUT2D eigenvalue weighted by Crippen LogP contribution is 2.09. The van der Waals surface area contributed by atoms with Crippen LogP contribution in [0.25, 0.3) is 0 Å². The third kappa shape index (κ3) is 0.980. The lowest BCUT2D eigenvalue weighted by molar-refractivity contribution is -0.116. The van der Waals surface area contributed by atoms with E-state index in [-0.39, 0.29) is 0 Å². The Morgan fingerprint density at radius 2 is 2.38 bits per heavy atom. The first-order valence-corrected chi connectivity index (χ1v) is 2.77. The van der Waals surface area contributed by atoms with Gasteiger partial charge in [0.25, 0.3) is 0 Å². The van der Waals surface area contributed by atoms with Crippen LogP contribution in [0.4, 0.5) is 0 Å². The zero-order valence-corrected chi connectivity index (χ0v) is 4.92. The van der Waals surface area contributed by atoms with E-state index in [2.05, 4.69) is 12.3 Å². The van der Waals surface area contributed by atoms with Crippen LogP contribution < -0.4 is 5.43 Å². The number of carbonyl (C=O) groups excluding carboxylic acids is 1. The van der Waals surface area contributed by atoms with Crippen LogP contribution in [-0.2, 0) is 4.79 Å². The van der Waals surface area contributed by atoms with Crippen molar-refractivity contribution in [3.63, 3.8) is 0 Å². The number of hydrogen-bond donors (Lipinski definition) is 1. The Morgan fingerprint density at radius 1 is 1.75 bits per heavy atom. The lowest BCUT2D eigenvalue weighted by atomic mass is 10.1. The van der Waals surface area contributed by atoms with E-state index in [9.17, 15) is 4.79 Å². The van der Waals surface area contributed by atoms with Crippen molar-refractivity contribution in [3.05, 3.63) is 0 Å². The lowest BCUT2D eigenvalue weighted by Gasteiger charge is -2.35. The molecule has 1 aliphatic heterocycles. The monoisotopic (exact) mass is 114 g/mol. The summed E-state index contributed by atoms with van der Waals surface area (Å²) in [5.41, 5.74) is 2.57. The predicted octanol–water partition coefficient (Wildman–Crippen LogP) is -0.401. The second-order valence-electron chi connectivity index (χ2n) is 2.26. The maximum absolute atomic E-state index is 9.76. The second kappa shape index (κ2) is 2.13. The molecule has 3 heteroatoms. The molecule has 0 aromatic heterocycles. The van der Waals surface area contributed by atoms with Crippen molar-refractivity contribution in [2.75, 3.05) is 13.1 Å². The van der Waals surface area contributed by atoms with Gasteiger partial charge in [-0.3, -0.25) is 10.2 Å². The molecule has 1 heterocycles. The van der Waals surface area contributed by atoms with E-state index in [4.69, 9.17) is 0 Å². The highest BCUT2D eigenvalue weighted by Gasteiger charge is 2.20. The average Bonchev–Trinajstić information content (AvgIpc) is 1.64. The van der Waals surface area contributed by atoms with Gasteiger partial charge in [-0.1, -0.05) is 6.92 Å². The molecule has 0 aromatic carbocycles. The Labute approximate surface area is 48.6 Å². The summed E-state index contributed by atoms with van der Waals surface area (Å²) in [4.78, 5) is 9.76. The maximum Gasteiger partial charge on any atom is 0.221 e. The van der Waals surface area contributed by atoms with Crippen LogP contribution in [0.2, 0.25) is 0 Å².